The summed E-state index contributed by atoms with van der Waals surface area (Å²) in [5.41, 5.74) is 1.04. The van der Waals surface area contributed by atoms with Gasteiger partial charge in [0.15, 0.2) is 0 Å². The average Bonchev–Trinajstić information content (AvgIpc) is 2.75. The van der Waals surface area contributed by atoms with Crippen LogP contribution >= 0.6 is 0 Å². The fraction of sp³-hybridized carbons (Fsp3) is 0.462. The molecule has 1 N–H and O–H groups in total. The van der Waals surface area contributed by atoms with Crippen molar-refractivity contribution >= 4 is 6.29 Å². The highest BCUT2D eigenvalue weighted by atomic mass is 16.3. The Kier molecular flexibility index (Phi) is 3.05. The van der Waals surface area contributed by atoms with Gasteiger partial charge in [-0.1, -0.05) is 25.0 Å². The van der Waals surface area contributed by atoms with Crippen molar-refractivity contribution in [1.29, 1.82) is 0 Å². The van der Waals surface area contributed by atoms with Crippen molar-refractivity contribution in [2.45, 2.75) is 31.6 Å². The van der Waals surface area contributed by atoms with Gasteiger partial charge in [0.1, 0.15) is 12.0 Å². The van der Waals surface area contributed by atoms with E-state index in [0.29, 0.717) is 5.92 Å². The van der Waals surface area contributed by atoms with Crippen LogP contribution in [0.25, 0.3) is 0 Å². The van der Waals surface area contributed by atoms with E-state index in [1.165, 1.54) is 12.8 Å². The Hall–Kier alpha value is -1.31. The first-order valence-electron chi connectivity index (χ1n) is 5.55. The van der Waals surface area contributed by atoms with Crippen LogP contribution in [0.1, 0.15) is 37.2 Å². The van der Waals surface area contributed by atoms with Gasteiger partial charge in [0.2, 0.25) is 0 Å². The number of phenolic OH excluding ortho intramolecular Hbond substituents is 1. The van der Waals surface area contributed by atoms with Crippen molar-refractivity contribution in [3.8, 4) is 5.75 Å². The molecule has 1 saturated carbocycles. The molecule has 1 aromatic rings. The van der Waals surface area contributed by atoms with E-state index in [1.807, 2.05) is 12.1 Å². The van der Waals surface area contributed by atoms with Crippen LogP contribution < -0.4 is 0 Å². The van der Waals surface area contributed by atoms with Crippen LogP contribution in [0.15, 0.2) is 24.3 Å². The molecular weight excluding hydrogens is 188 g/mol. The van der Waals surface area contributed by atoms with E-state index in [4.69, 9.17) is 0 Å². The fourth-order valence-electron chi connectivity index (χ4n) is 2.47. The van der Waals surface area contributed by atoms with Crippen LogP contribution in [-0.2, 0) is 4.79 Å². The smallest absolute Gasteiger partial charge is 0.127 e. The van der Waals surface area contributed by atoms with Crippen molar-refractivity contribution < 1.29 is 9.90 Å². The number of aromatic hydroxyl groups is 1. The summed E-state index contributed by atoms with van der Waals surface area (Å²) in [7, 11) is 0. The monoisotopic (exact) mass is 204 g/mol. The standard InChI is InChI=1S/C13H16O2/c14-9-13(10-3-1-2-4-10)11-5-7-12(15)8-6-11/h5-10,13,15H,1-4H2/t13-/m0/s1. The molecule has 1 aliphatic carbocycles. The second-order valence-electron chi connectivity index (χ2n) is 4.30. The van der Waals surface area contributed by atoms with Gasteiger partial charge < -0.3 is 9.90 Å². The molecule has 2 heteroatoms. The number of aldehydes is 1. The molecule has 2 rings (SSSR count). The van der Waals surface area contributed by atoms with Gasteiger partial charge in [-0.15, -0.1) is 0 Å². The quantitative estimate of drug-likeness (QED) is 0.769. The number of phenols is 1. The lowest BCUT2D eigenvalue weighted by atomic mass is 9.86. The van der Waals surface area contributed by atoms with E-state index in [9.17, 15) is 9.90 Å². The second kappa shape index (κ2) is 4.47. The van der Waals surface area contributed by atoms with E-state index in [2.05, 4.69) is 0 Å². The average molecular weight is 204 g/mol. The number of hydrogen-bond acceptors (Lipinski definition) is 2. The Morgan fingerprint density at radius 1 is 1.20 bits per heavy atom. The maximum atomic E-state index is 11.1. The summed E-state index contributed by atoms with van der Waals surface area (Å²) < 4.78 is 0. The predicted octanol–water partition coefficient (Wildman–Crippen LogP) is 2.86. The maximum Gasteiger partial charge on any atom is 0.127 e. The summed E-state index contributed by atoms with van der Waals surface area (Å²) in [6, 6.07) is 7.01. The molecule has 1 aliphatic rings. The Morgan fingerprint density at radius 3 is 2.33 bits per heavy atom. The highest BCUT2D eigenvalue weighted by molar-refractivity contribution is 5.63. The molecular formula is C13H16O2. The van der Waals surface area contributed by atoms with E-state index < -0.39 is 0 Å². The lowest BCUT2D eigenvalue weighted by Gasteiger charge is -2.17. The minimum absolute atomic E-state index is 0.0214. The Morgan fingerprint density at radius 2 is 1.80 bits per heavy atom. The van der Waals surface area contributed by atoms with Gasteiger partial charge in [-0.05, 0) is 36.5 Å². The largest absolute Gasteiger partial charge is 0.508 e. The number of carbonyl (C=O) groups excluding carboxylic acids is 1. The summed E-state index contributed by atoms with van der Waals surface area (Å²) in [4.78, 5) is 11.1. The summed E-state index contributed by atoms with van der Waals surface area (Å²) in [5.74, 6) is 0.787. The van der Waals surface area contributed by atoms with Crippen molar-refractivity contribution in [1.82, 2.24) is 0 Å². The first kappa shape index (κ1) is 10.2. The summed E-state index contributed by atoms with van der Waals surface area (Å²) in [5, 5.41) is 9.19. The van der Waals surface area contributed by atoms with E-state index >= 15 is 0 Å². The number of rotatable bonds is 3. The Bertz CT molecular complexity index is 323. The minimum Gasteiger partial charge on any atom is -0.508 e. The minimum atomic E-state index is 0.0214. The van der Waals surface area contributed by atoms with E-state index in [-0.39, 0.29) is 11.7 Å². The summed E-state index contributed by atoms with van der Waals surface area (Å²) in [6.07, 6.45) is 5.86. The molecule has 0 radical (unpaired) electrons. The molecule has 0 aromatic heterocycles. The third-order valence-electron chi connectivity index (χ3n) is 3.33. The number of benzene rings is 1. The van der Waals surface area contributed by atoms with Crippen molar-refractivity contribution in [2.75, 3.05) is 0 Å². The van der Waals surface area contributed by atoms with Gasteiger partial charge in [0, 0.05) is 5.92 Å². The highest BCUT2D eigenvalue weighted by Crippen LogP contribution is 2.36. The van der Waals surface area contributed by atoms with Crippen LogP contribution in [0.5, 0.6) is 5.75 Å². The van der Waals surface area contributed by atoms with Crippen LogP contribution in [-0.4, -0.2) is 11.4 Å². The molecule has 1 aromatic carbocycles. The van der Waals surface area contributed by atoms with Crippen molar-refractivity contribution in [3.05, 3.63) is 29.8 Å². The first-order valence-corrected chi connectivity index (χ1v) is 5.55. The molecule has 0 aliphatic heterocycles. The lowest BCUT2D eigenvalue weighted by molar-refractivity contribution is -0.110. The third-order valence-corrected chi connectivity index (χ3v) is 3.33. The zero-order valence-corrected chi connectivity index (χ0v) is 8.73. The Balaban J connectivity index is 2.18. The molecule has 0 saturated heterocycles. The molecule has 0 amide bonds. The van der Waals surface area contributed by atoms with E-state index in [0.717, 1.165) is 24.7 Å². The van der Waals surface area contributed by atoms with Gasteiger partial charge in [0.25, 0.3) is 0 Å². The molecule has 1 fully saturated rings. The third kappa shape index (κ3) is 2.20. The van der Waals surface area contributed by atoms with Crippen LogP contribution in [0.2, 0.25) is 0 Å². The lowest BCUT2D eigenvalue weighted by Crippen LogP contribution is -2.10. The van der Waals surface area contributed by atoms with Crippen molar-refractivity contribution in [3.63, 3.8) is 0 Å². The maximum absolute atomic E-state index is 11.1. The summed E-state index contributed by atoms with van der Waals surface area (Å²) in [6.45, 7) is 0. The van der Waals surface area contributed by atoms with Crippen LogP contribution in [0.3, 0.4) is 0 Å². The van der Waals surface area contributed by atoms with Gasteiger partial charge in [-0.25, -0.2) is 0 Å². The molecule has 0 bridgehead atoms. The topological polar surface area (TPSA) is 37.3 Å². The van der Waals surface area contributed by atoms with Crippen LogP contribution in [0, 0.1) is 5.92 Å². The Labute approximate surface area is 89.9 Å². The molecule has 0 spiro atoms. The van der Waals surface area contributed by atoms with Gasteiger partial charge in [0.05, 0.1) is 0 Å². The summed E-state index contributed by atoms with van der Waals surface area (Å²) >= 11 is 0. The predicted molar refractivity (Wildman–Crippen MR) is 58.9 cm³/mol. The molecule has 80 valence electrons. The number of hydrogen-bond donors (Lipinski definition) is 1. The molecule has 1 atom stereocenters. The van der Waals surface area contributed by atoms with E-state index in [1.54, 1.807) is 12.1 Å². The zero-order valence-electron chi connectivity index (χ0n) is 8.73. The second-order valence-corrected chi connectivity index (χ2v) is 4.30. The normalized spacial score (nSPS) is 18.9. The molecule has 2 nitrogen and oxygen atoms in total. The van der Waals surface area contributed by atoms with Gasteiger partial charge in [-0.2, -0.15) is 0 Å². The van der Waals surface area contributed by atoms with Crippen LogP contribution in [0.4, 0.5) is 0 Å². The van der Waals surface area contributed by atoms with Gasteiger partial charge >= 0.3 is 0 Å². The number of carbonyl (C=O) groups is 1. The molecule has 0 heterocycles. The fourth-order valence-corrected chi connectivity index (χ4v) is 2.47. The first-order chi connectivity index (χ1) is 7.31. The molecule has 0 unspecified atom stereocenters. The molecule has 15 heavy (non-hydrogen) atoms. The van der Waals surface area contributed by atoms with Gasteiger partial charge in [-0.3, -0.25) is 0 Å². The SMILES string of the molecule is O=C[C@H](c1ccc(O)cc1)C1CCCC1. The highest BCUT2D eigenvalue weighted by Gasteiger charge is 2.25. The van der Waals surface area contributed by atoms with Crippen molar-refractivity contribution in [2.24, 2.45) is 5.92 Å². The zero-order chi connectivity index (χ0) is 10.7.